The molecule has 2 unspecified atom stereocenters. The molecule has 0 aliphatic carbocycles. The van der Waals surface area contributed by atoms with Crippen molar-refractivity contribution in [3.63, 3.8) is 0 Å². The van der Waals surface area contributed by atoms with E-state index < -0.39 is 0 Å². The molecule has 0 heterocycles. The van der Waals surface area contributed by atoms with Crippen molar-refractivity contribution in [2.75, 3.05) is 13.2 Å². The first-order valence-corrected chi connectivity index (χ1v) is 8.25. The molecule has 0 saturated carbocycles. The average Bonchev–Trinajstić information content (AvgIpc) is 2.59. The molecule has 0 radical (unpaired) electrons. The summed E-state index contributed by atoms with van der Waals surface area (Å²) in [4.78, 5) is 0. The van der Waals surface area contributed by atoms with Crippen molar-refractivity contribution in [1.29, 1.82) is 0 Å². The predicted octanol–water partition coefficient (Wildman–Crippen LogP) is 5.02. The number of para-hydroxylation sites is 1. The van der Waals surface area contributed by atoms with Crippen molar-refractivity contribution < 1.29 is 14.2 Å². The van der Waals surface area contributed by atoms with Gasteiger partial charge in [0.15, 0.2) is 6.29 Å². The highest BCUT2D eigenvalue weighted by molar-refractivity contribution is 5.30. The number of hydrogen-bond acceptors (Lipinski definition) is 3. The zero-order valence-electron chi connectivity index (χ0n) is 14.2. The maximum atomic E-state index is 5.82. The maximum absolute atomic E-state index is 5.82. The summed E-state index contributed by atoms with van der Waals surface area (Å²) in [6.07, 6.45) is 0.813. The molecule has 3 nitrogen and oxygen atoms in total. The molecule has 3 heteroatoms. The number of benzene rings is 2. The summed E-state index contributed by atoms with van der Waals surface area (Å²) < 4.78 is 17.1. The quantitative estimate of drug-likeness (QED) is 0.480. The molecule has 2 aromatic rings. The Balaban J connectivity index is 1.73. The van der Waals surface area contributed by atoms with E-state index in [0.29, 0.717) is 19.1 Å². The van der Waals surface area contributed by atoms with Gasteiger partial charge in [0.2, 0.25) is 0 Å². The van der Waals surface area contributed by atoms with Crippen molar-refractivity contribution in [3.05, 3.63) is 60.2 Å². The van der Waals surface area contributed by atoms with E-state index in [1.165, 1.54) is 5.56 Å². The van der Waals surface area contributed by atoms with Crippen LogP contribution in [0.2, 0.25) is 0 Å². The van der Waals surface area contributed by atoms with Gasteiger partial charge in [-0.15, -0.1) is 0 Å². The number of rotatable bonds is 9. The second kappa shape index (κ2) is 9.21. The molecule has 2 rings (SSSR count). The fraction of sp³-hybridized carbons (Fsp3) is 0.400. The van der Waals surface area contributed by atoms with Gasteiger partial charge in [-0.3, -0.25) is 0 Å². The standard InChI is InChI=1S/C20H26O3/c1-4-16(2)18-9-8-12-20(15-18)23-17(3)21-13-14-22-19-10-6-5-7-11-19/h5-12,15-17H,4,13-14H2,1-3H3. The molecule has 2 aromatic carbocycles. The Hall–Kier alpha value is -2.00. The van der Waals surface area contributed by atoms with Crippen LogP contribution >= 0.6 is 0 Å². The van der Waals surface area contributed by atoms with Crippen LogP contribution in [0.4, 0.5) is 0 Å². The molecule has 0 spiro atoms. The van der Waals surface area contributed by atoms with E-state index in [4.69, 9.17) is 14.2 Å². The van der Waals surface area contributed by atoms with Gasteiger partial charge in [0, 0.05) is 0 Å². The third kappa shape index (κ3) is 5.95. The maximum Gasteiger partial charge on any atom is 0.197 e. The van der Waals surface area contributed by atoms with Gasteiger partial charge in [-0.2, -0.15) is 0 Å². The molecule has 0 bridgehead atoms. The van der Waals surface area contributed by atoms with E-state index in [1.54, 1.807) is 0 Å². The van der Waals surface area contributed by atoms with Crippen LogP contribution in [0.15, 0.2) is 54.6 Å². The zero-order chi connectivity index (χ0) is 16.5. The number of hydrogen-bond donors (Lipinski definition) is 0. The molecule has 0 aliphatic heterocycles. The minimum Gasteiger partial charge on any atom is -0.491 e. The van der Waals surface area contributed by atoms with Crippen LogP contribution < -0.4 is 9.47 Å². The third-order valence-corrected chi connectivity index (χ3v) is 3.79. The van der Waals surface area contributed by atoms with Crippen molar-refractivity contribution in [2.24, 2.45) is 0 Å². The fourth-order valence-electron chi connectivity index (χ4n) is 2.25. The topological polar surface area (TPSA) is 27.7 Å². The van der Waals surface area contributed by atoms with Gasteiger partial charge >= 0.3 is 0 Å². The zero-order valence-corrected chi connectivity index (χ0v) is 14.2. The first-order chi connectivity index (χ1) is 11.2. The highest BCUT2D eigenvalue weighted by Gasteiger charge is 2.07. The highest BCUT2D eigenvalue weighted by Crippen LogP contribution is 2.23. The van der Waals surface area contributed by atoms with Crippen LogP contribution in [-0.4, -0.2) is 19.5 Å². The molecular weight excluding hydrogens is 288 g/mol. The lowest BCUT2D eigenvalue weighted by molar-refractivity contribution is -0.0739. The van der Waals surface area contributed by atoms with Gasteiger partial charge in [0.05, 0.1) is 6.61 Å². The van der Waals surface area contributed by atoms with E-state index in [1.807, 2.05) is 49.4 Å². The Morgan fingerprint density at radius 3 is 2.35 bits per heavy atom. The Bertz CT molecular complexity index is 568. The van der Waals surface area contributed by atoms with Gasteiger partial charge in [0.25, 0.3) is 0 Å². The number of ether oxygens (including phenoxy) is 3. The highest BCUT2D eigenvalue weighted by atomic mass is 16.7. The summed E-state index contributed by atoms with van der Waals surface area (Å²) in [6.45, 7) is 7.31. The van der Waals surface area contributed by atoms with Gasteiger partial charge in [0.1, 0.15) is 18.1 Å². The average molecular weight is 314 g/mol. The summed E-state index contributed by atoms with van der Waals surface area (Å²) in [5, 5.41) is 0. The van der Waals surface area contributed by atoms with Gasteiger partial charge in [-0.1, -0.05) is 44.2 Å². The Morgan fingerprint density at radius 2 is 1.61 bits per heavy atom. The Kier molecular flexibility index (Phi) is 6.95. The smallest absolute Gasteiger partial charge is 0.197 e. The SMILES string of the molecule is CCC(C)c1cccc(OC(C)OCCOc2ccccc2)c1. The van der Waals surface area contributed by atoms with Crippen LogP contribution in [0.1, 0.15) is 38.7 Å². The minimum absolute atomic E-state index is 0.304. The molecular formula is C20H26O3. The predicted molar refractivity (Wildman–Crippen MR) is 93.1 cm³/mol. The fourth-order valence-corrected chi connectivity index (χ4v) is 2.25. The van der Waals surface area contributed by atoms with Gasteiger partial charge < -0.3 is 14.2 Å². The lowest BCUT2D eigenvalue weighted by Crippen LogP contribution is -2.20. The van der Waals surface area contributed by atoms with Crippen LogP contribution in [0.25, 0.3) is 0 Å². The van der Waals surface area contributed by atoms with E-state index in [9.17, 15) is 0 Å². The van der Waals surface area contributed by atoms with E-state index in [0.717, 1.165) is 17.9 Å². The van der Waals surface area contributed by atoms with E-state index in [-0.39, 0.29) is 6.29 Å². The molecule has 0 N–H and O–H groups in total. The van der Waals surface area contributed by atoms with Gasteiger partial charge in [-0.25, -0.2) is 0 Å². The van der Waals surface area contributed by atoms with Crippen LogP contribution in [0.3, 0.4) is 0 Å². The van der Waals surface area contributed by atoms with Crippen molar-refractivity contribution in [3.8, 4) is 11.5 Å². The normalized spacial score (nSPS) is 13.3. The summed E-state index contributed by atoms with van der Waals surface area (Å²) >= 11 is 0. The molecule has 2 atom stereocenters. The molecule has 0 fully saturated rings. The summed E-state index contributed by atoms with van der Waals surface area (Å²) in [5.41, 5.74) is 1.30. The molecule has 23 heavy (non-hydrogen) atoms. The van der Waals surface area contributed by atoms with Crippen molar-refractivity contribution >= 4 is 0 Å². The van der Waals surface area contributed by atoms with Crippen LogP contribution in [0.5, 0.6) is 11.5 Å². The van der Waals surface area contributed by atoms with Gasteiger partial charge in [-0.05, 0) is 49.1 Å². The molecule has 0 amide bonds. The first-order valence-electron chi connectivity index (χ1n) is 8.25. The summed E-state index contributed by atoms with van der Waals surface area (Å²) in [5.74, 6) is 2.24. The minimum atomic E-state index is -0.304. The lowest BCUT2D eigenvalue weighted by Gasteiger charge is -2.17. The second-order valence-corrected chi connectivity index (χ2v) is 5.60. The van der Waals surface area contributed by atoms with Crippen LogP contribution in [-0.2, 0) is 4.74 Å². The Morgan fingerprint density at radius 1 is 0.870 bits per heavy atom. The molecule has 0 saturated heterocycles. The van der Waals surface area contributed by atoms with Crippen molar-refractivity contribution in [2.45, 2.75) is 39.4 Å². The van der Waals surface area contributed by atoms with Crippen LogP contribution in [0, 0.1) is 0 Å². The van der Waals surface area contributed by atoms with E-state index >= 15 is 0 Å². The molecule has 0 aliphatic rings. The largest absolute Gasteiger partial charge is 0.491 e. The molecule has 0 aromatic heterocycles. The van der Waals surface area contributed by atoms with Crippen molar-refractivity contribution in [1.82, 2.24) is 0 Å². The third-order valence-electron chi connectivity index (χ3n) is 3.79. The second-order valence-electron chi connectivity index (χ2n) is 5.60. The summed E-state index contributed by atoms with van der Waals surface area (Å²) in [7, 11) is 0. The Labute approximate surface area is 139 Å². The monoisotopic (exact) mass is 314 g/mol. The summed E-state index contributed by atoms with van der Waals surface area (Å²) in [6, 6.07) is 18.0. The first kappa shape index (κ1) is 17.4. The lowest BCUT2D eigenvalue weighted by atomic mass is 9.99. The van der Waals surface area contributed by atoms with E-state index in [2.05, 4.69) is 26.0 Å². The molecule has 124 valence electrons.